The van der Waals surface area contributed by atoms with Gasteiger partial charge in [0, 0.05) is 11.1 Å². The molecule has 0 unspecified atom stereocenters. The highest BCUT2D eigenvalue weighted by Gasteiger charge is 2.19. The van der Waals surface area contributed by atoms with E-state index in [9.17, 15) is 10.1 Å². The first-order valence-electron chi connectivity index (χ1n) is 3.47. The predicted molar refractivity (Wildman–Crippen MR) is 56.6 cm³/mol. The molecule has 1 aromatic carbocycles. The smallest absolute Gasteiger partial charge is 0.314 e. The second-order valence-corrected chi connectivity index (χ2v) is 3.57. The van der Waals surface area contributed by atoms with Gasteiger partial charge in [-0.25, -0.2) is 0 Å². The van der Waals surface area contributed by atoms with Crippen LogP contribution in [0, 0.1) is 10.1 Å². The molecule has 0 spiro atoms. The summed E-state index contributed by atoms with van der Waals surface area (Å²) < 4.78 is 5.31. The second kappa shape index (κ2) is 4.43. The van der Waals surface area contributed by atoms with Crippen LogP contribution < -0.4 is 4.74 Å². The van der Waals surface area contributed by atoms with Crippen LogP contribution in [-0.2, 0) is 0 Å². The van der Waals surface area contributed by atoms with Crippen LogP contribution in [0.5, 0.6) is 5.75 Å². The number of hydrogen-bond acceptors (Lipinski definition) is 3. The van der Waals surface area contributed by atoms with Crippen molar-refractivity contribution in [3.63, 3.8) is 0 Å². The highest BCUT2D eigenvalue weighted by molar-refractivity contribution is 9.10. The molecule has 0 bridgehead atoms. The summed E-state index contributed by atoms with van der Waals surface area (Å²) in [6.45, 7) is 3.32. The largest absolute Gasteiger partial charge is 0.457 e. The molecule has 1 aromatic rings. The van der Waals surface area contributed by atoms with Gasteiger partial charge in [-0.15, -0.1) is 0 Å². The van der Waals surface area contributed by atoms with E-state index in [0.717, 1.165) is 6.26 Å². The Kier molecular flexibility index (Phi) is 3.49. The van der Waals surface area contributed by atoms with E-state index in [-0.39, 0.29) is 16.5 Å². The van der Waals surface area contributed by atoms with Gasteiger partial charge in [-0.1, -0.05) is 18.2 Å². The lowest BCUT2D eigenvalue weighted by molar-refractivity contribution is -0.385. The molecule has 0 amide bonds. The van der Waals surface area contributed by atoms with Crippen molar-refractivity contribution in [2.45, 2.75) is 0 Å². The Balaban J connectivity index is 3.35. The maximum Gasteiger partial charge on any atom is 0.314 e. The highest BCUT2D eigenvalue weighted by Crippen LogP contribution is 2.37. The Morgan fingerprint density at radius 1 is 1.64 bits per heavy atom. The molecule has 0 N–H and O–H groups in total. The third-order valence-corrected chi connectivity index (χ3v) is 2.19. The first-order valence-corrected chi connectivity index (χ1v) is 4.64. The van der Waals surface area contributed by atoms with Crippen molar-refractivity contribution in [3.8, 4) is 5.75 Å². The summed E-state index contributed by atoms with van der Waals surface area (Å²) in [5.74, 6) is 0.0920. The molecule has 4 nitrogen and oxygen atoms in total. The second-order valence-electron chi connectivity index (χ2n) is 2.28. The molecule has 0 saturated carbocycles. The number of halogens is 2. The lowest BCUT2D eigenvalue weighted by Gasteiger charge is -2.04. The Hall–Kier alpha value is -1.07. The molecule has 6 heteroatoms. The summed E-state index contributed by atoms with van der Waals surface area (Å²) in [5.41, 5.74) is -0.204. The van der Waals surface area contributed by atoms with Gasteiger partial charge in [0.25, 0.3) is 0 Å². The Morgan fingerprint density at radius 3 is 2.79 bits per heavy atom. The van der Waals surface area contributed by atoms with Gasteiger partial charge in [0.1, 0.15) is 0 Å². The summed E-state index contributed by atoms with van der Waals surface area (Å²) in [7, 11) is 0. The third-order valence-electron chi connectivity index (χ3n) is 1.39. The summed E-state index contributed by atoms with van der Waals surface area (Å²) in [6.07, 6.45) is 1.11. The van der Waals surface area contributed by atoms with Gasteiger partial charge >= 0.3 is 5.69 Å². The van der Waals surface area contributed by atoms with E-state index in [1.165, 1.54) is 12.1 Å². The van der Waals surface area contributed by atoms with Crippen LogP contribution in [0.1, 0.15) is 0 Å². The van der Waals surface area contributed by atoms with E-state index in [1.54, 1.807) is 0 Å². The topological polar surface area (TPSA) is 52.4 Å². The van der Waals surface area contributed by atoms with Gasteiger partial charge in [0.05, 0.1) is 15.7 Å². The summed E-state index contributed by atoms with van der Waals surface area (Å²) in [4.78, 5) is 10.0. The van der Waals surface area contributed by atoms with E-state index in [4.69, 9.17) is 16.3 Å². The molecular weight excluding hydrogens is 273 g/mol. The van der Waals surface area contributed by atoms with Crippen LogP contribution in [0.2, 0.25) is 5.02 Å². The van der Waals surface area contributed by atoms with Crippen molar-refractivity contribution >= 4 is 33.2 Å². The molecule has 0 atom stereocenters. The number of ether oxygens (including phenoxy) is 1. The van der Waals surface area contributed by atoms with Gasteiger partial charge in [-0.2, -0.15) is 0 Å². The van der Waals surface area contributed by atoms with Crippen molar-refractivity contribution in [1.82, 2.24) is 0 Å². The quantitative estimate of drug-likeness (QED) is 0.483. The van der Waals surface area contributed by atoms with Gasteiger partial charge in [-0.05, 0) is 22.0 Å². The molecule has 74 valence electrons. The molecule has 0 aromatic heterocycles. The number of nitrogens with zero attached hydrogens (tertiary/aromatic N) is 1. The lowest BCUT2D eigenvalue weighted by atomic mass is 10.3. The minimum absolute atomic E-state index is 0.0920. The fourth-order valence-electron chi connectivity index (χ4n) is 0.882. The minimum atomic E-state index is -0.574. The number of nitro groups is 1. The first-order chi connectivity index (χ1) is 6.56. The maximum atomic E-state index is 10.6. The van der Waals surface area contributed by atoms with Gasteiger partial charge in [0.15, 0.2) is 0 Å². The fraction of sp³-hybridized carbons (Fsp3) is 0. The summed E-state index contributed by atoms with van der Waals surface area (Å²) in [6, 6.07) is 2.72. The number of nitro benzene ring substituents is 1. The molecule has 0 aliphatic rings. The predicted octanol–water partition coefficient (Wildman–Crippen LogP) is 3.53. The maximum absolute atomic E-state index is 10.6. The third kappa shape index (κ3) is 2.24. The lowest BCUT2D eigenvalue weighted by Crippen LogP contribution is -1.93. The van der Waals surface area contributed by atoms with Gasteiger partial charge in [-0.3, -0.25) is 10.1 Å². The average Bonchev–Trinajstić information content (AvgIpc) is 2.09. The van der Waals surface area contributed by atoms with Crippen molar-refractivity contribution in [2.24, 2.45) is 0 Å². The Labute approximate surface area is 93.4 Å². The van der Waals surface area contributed by atoms with Crippen molar-refractivity contribution in [2.75, 3.05) is 0 Å². The molecule has 1 rings (SSSR count). The van der Waals surface area contributed by atoms with Crippen LogP contribution in [0.15, 0.2) is 29.4 Å². The first kappa shape index (κ1) is 11.0. The van der Waals surface area contributed by atoms with Crippen LogP contribution in [-0.4, -0.2) is 4.92 Å². The molecule has 0 saturated heterocycles. The van der Waals surface area contributed by atoms with Crippen LogP contribution >= 0.6 is 27.5 Å². The zero-order valence-electron chi connectivity index (χ0n) is 6.87. The number of benzene rings is 1. The zero-order chi connectivity index (χ0) is 10.7. The Morgan fingerprint density at radius 2 is 2.29 bits per heavy atom. The van der Waals surface area contributed by atoms with Crippen molar-refractivity contribution < 1.29 is 9.66 Å². The minimum Gasteiger partial charge on any atom is -0.457 e. The molecule has 0 aliphatic carbocycles. The van der Waals surface area contributed by atoms with Gasteiger partial charge < -0.3 is 4.74 Å². The van der Waals surface area contributed by atoms with Crippen molar-refractivity contribution in [3.05, 3.63) is 44.6 Å². The van der Waals surface area contributed by atoms with Crippen molar-refractivity contribution in [1.29, 1.82) is 0 Å². The molecule has 0 heterocycles. The molecule has 14 heavy (non-hydrogen) atoms. The molecule has 0 radical (unpaired) electrons. The molecule has 0 aliphatic heterocycles. The summed E-state index contributed by atoms with van der Waals surface area (Å²) in [5, 5.41) is 10.9. The SMILES string of the molecule is C=COc1c(Br)cc(Cl)cc1[N+](=O)[O-]. The number of rotatable bonds is 3. The summed E-state index contributed by atoms with van der Waals surface area (Å²) >= 11 is 8.76. The fourth-order valence-corrected chi connectivity index (χ4v) is 1.77. The van der Waals surface area contributed by atoms with E-state index in [2.05, 4.69) is 22.5 Å². The van der Waals surface area contributed by atoms with E-state index in [0.29, 0.717) is 4.47 Å². The van der Waals surface area contributed by atoms with E-state index < -0.39 is 4.92 Å². The van der Waals surface area contributed by atoms with E-state index >= 15 is 0 Å². The zero-order valence-corrected chi connectivity index (χ0v) is 9.21. The number of hydrogen-bond donors (Lipinski definition) is 0. The van der Waals surface area contributed by atoms with Crippen LogP contribution in [0.3, 0.4) is 0 Å². The van der Waals surface area contributed by atoms with Gasteiger partial charge in [0.2, 0.25) is 5.75 Å². The highest BCUT2D eigenvalue weighted by atomic mass is 79.9. The normalized spacial score (nSPS) is 9.57. The van der Waals surface area contributed by atoms with Crippen LogP contribution in [0.4, 0.5) is 5.69 Å². The monoisotopic (exact) mass is 277 g/mol. The Bertz CT molecular complexity index is 394. The molecular formula is C8H5BrClNO3. The van der Waals surface area contributed by atoms with Crippen LogP contribution in [0.25, 0.3) is 0 Å². The van der Waals surface area contributed by atoms with E-state index in [1.807, 2.05) is 0 Å². The molecule has 0 fully saturated rings. The standard InChI is InChI=1S/C8H5BrClNO3/c1-2-14-8-6(9)3-5(10)4-7(8)11(12)13/h2-4H,1H2. The average molecular weight is 278 g/mol.